The van der Waals surface area contributed by atoms with Crippen molar-refractivity contribution in [2.45, 2.75) is 44.7 Å². The zero-order chi connectivity index (χ0) is 21.2. The number of nitrogens with one attached hydrogen (secondary N) is 1. The predicted octanol–water partition coefficient (Wildman–Crippen LogP) is 2.70. The third-order valence-electron chi connectivity index (χ3n) is 6.64. The number of nitrogens with zero attached hydrogens (tertiary/aromatic N) is 4. The number of hydrogen-bond donors (Lipinski definition) is 1. The number of benzene rings is 1. The van der Waals surface area contributed by atoms with Gasteiger partial charge in [-0.05, 0) is 61.4 Å². The van der Waals surface area contributed by atoms with Crippen molar-refractivity contribution in [2.75, 3.05) is 13.1 Å². The predicted molar refractivity (Wildman–Crippen MR) is 120 cm³/mol. The van der Waals surface area contributed by atoms with Crippen molar-refractivity contribution in [3.63, 3.8) is 0 Å². The first kappa shape index (κ1) is 19.9. The van der Waals surface area contributed by atoms with Gasteiger partial charge >= 0.3 is 0 Å². The largest absolute Gasteiger partial charge is 0.333 e. The number of aryl methyl sites for hydroxylation is 1. The summed E-state index contributed by atoms with van der Waals surface area (Å²) in [5.41, 5.74) is 6.85. The summed E-state index contributed by atoms with van der Waals surface area (Å²) >= 11 is 0. The molecule has 0 fully saturated rings. The van der Waals surface area contributed by atoms with Gasteiger partial charge in [0.1, 0.15) is 0 Å². The molecule has 0 saturated carbocycles. The number of rotatable bonds is 5. The topological polar surface area (TPSA) is 63.1 Å². The summed E-state index contributed by atoms with van der Waals surface area (Å²) in [6.07, 6.45) is 8.50. The molecule has 1 unspecified atom stereocenters. The lowest BCUT2D eigenvalue weighted by molar-refractivity contribution is 0.0726. The zero-order valence-electron chi connectivity index (χ0n) is 18.1. The van der Waals surface area contributed by atoms with Crippen molar-refractivity contribution < 1.29 is 4.79 Å². The number of pyridine rings is 1. The van der Waals surface area contributed by atoms with Crippen LogP contribution in [-0.2, 0) is 39.3 Å². The van der Waals surface area contributed by atoms with Crippen molar-refractivity contribution >= 4 is 5.91 Å². The molecule has 0 saturated heterocycles. The molecule has 0 radical (unpaired) electrons. The molecule has 31 heavy (non-hydrogen) atoms. The quantitative estimate of drug-likeness (QED) is 0.696. The molecule has 160 valence electrons. The lowest BCUT2D eigenvalue weighted by atomic mass is 9.90. The second kappa shape index (κ2) is 8.63. The van der Waals surface area contributed by atoms with Crippen molar-refractivity contribution in [2.24, 2.45) is 7.05 Å². The van der Waals surface area contributed by atoms with Crippen molar-refractivity contribution in [1.82, 2.24) is 25.0 Å². The van der Waals surface area contributed by atoms with Gasteiger partial charge in [-0.2, -0.15) is 5.10 Å². The van der Waals surface area contributed by atoms with E-state index in [-0.39, 0.29) is 5.91 Å². The molecular weight excluding hydrogens is 386 g/mol. The molecule has 6 heteroatoms. The fraction of sp³-hybridized carbons (Fsp3) is 0.400. The van der Waals surface area contributed by atoms with Crippen LogP contribution in [0.1, 0.15) is 44.9 Å². The van der Waals surface area contributed by atoms with E-state index < -0.39 is 0 Å². The molecule has 2 aliphatic rings. The average Bonchev–Trinajstić information content (AvgIpc) is 3.15. The van der Waals surface area contributed by atoms with Gasteiger partial charge in [0, 0.05) is 49.8 Å². The van der Waals surface area contributed by atoms with Crippen LogP contribution in [0.2, 0.25) is 0 Å². The van der Waals surface area contributed by atoms with Gasteiger partial charge < -0.3 is 10.2 Å². The lowest BCUT2D eigenvalue weighted by Gasteiger charge is -2.29. The van der Waals surface area contributed by atoms with E-state index in [1.54, 1.807) is 0 Å². The molecule has 5 rings (SSSR count). The Kier molecular flexibility index (Phi) is 5.55. The highest BCUT2D eigenvalue weighted by Gasteiger charge is 2.31. The van der Waals surface area contributed by atoms with E-state index in [2.05, 4.69) is 45.7 Å². The normalized spacial score (nSPS) is 17.8. The Morgan fingerprint density at radius 1 is 1.16 bits per heavy atom. The number of aromatic nitrogens is 3. The summed E-state index contributed by atoms with van der Waals surface area (Å²) in [6, 6.07) is 12.9. The molecular formula is C25H29N5O. The highest BCUT2D eigenvalue weighted by molar-refractivity contribution is 5.94. The molecule has 0 spiro atoms. The molecule has 1 amide bonds. The van der Waals surface area contributed by atoms with Gasteiger partial charge in [0.15, 0.2) is 5.69 Å². The van der Waals surface area contributed by atoms with Crippen molar-refractivity contribution in [3.05, 3.63) is 82.4 Å². The Bertz CT molecular complexity index is 1070. The number of fused-ring (bicyclic) bond motifs is 2. The summed E-state index contributed by atoms with van der Waals surface area (Å²) in [4.78, 5) is 19.6. The molecule has 6 nitrogen and oxygen atoms in total. The average molecular weight is 416 g/mol. The van der Waals surface area contributed by atoms with Crippen molar-refractivity contribution in [1.29, 1.82) is 0 Å². The number of amides is 1. The van der Waals surface area contributed by atoms with Gasteiger partial charge in [-0.3, -0.25) is 14.5 Å². The summed E-state index contributed by atoms with van der Waals surface area (Å²) in [7, 11) is 1.97. The molecule has 0 bridgehead atoms. The Morgan fingerprint density at radius 3 is 2.87 bits per heavy atom. The Morgan fingerprint density at radius 2 is 2.03 bits per heavy atom. The van der Waals surface area contributed by atoms with E-state index in [0.717, 1.165) is 50.8 Å². The van der Waals surface area contributed by atoms with Gasteiger partial charge in [-0.1, -0.05) is 30.3 Å². The van der Waals surface area contributed by atoms with Gasteiger partial charge in [0.2, 0.25) is 0 Å². The molecule has 1 aliphatic heterocycles. The van der Waals surface area contributed by atoms with E-state index >= 15 is 0 Å². The van der Waals surface area contributed by atoms with Crippen LogP contribution in [0.25, 0.3) is 0 Å². The number of hydrogen-bond acceptors (Lipinski definition) is 4. The highest BCUT2D eigenvalue weighted by atomic mass is 16.2. The van der Waals surface area contributed by atoms with E-state index in [4.69, 9.17) is 0 Å². The van der Waals surface area contributed by atoms with Crippen LogP contribution in [0.15, 0.2) is 48.8 Å². The summed E-state index contributed by atoms with van der Waals surface area (Å²) in [6.45, 7) is 2.35. The molecule has 3 aromatic rings. The van der Waals surface area contributed by atoms with Crippen LogP contribution in [0, 0.1) is 0 Å². The molecule has 3 heterocycles. The fourth-order valence-electron chi connectivity index (χ4n) is 4.92. The first-order valence-corrected chi connectivity index (χ1v) is 11.2. The van der Waals surface area contributed by atoms with Crippen molar-refractivity contribution in [3.8, 4) is 0 Å². The summed E-state index contributed by atoms with van der Waals surface area (Å²) < 4.78 is 1.92. The maximum Gasteiger partial charge on any atom is 0.274 e. The number of carbonyl (C=O) groups excluding carboxylic acids is 1. The van der Waals surface area contributed by atoms with Gasteiger partial charge in [0.25, 0.3) is 5.91 Å². The minimum absolute atomic E-state index is 0.0716. The van der Waals surface area contributed by atoms with E-state index in [0.29, 0.717) is 18.3 Å². The Hall–Kier alpha value is -2.99. The minimum atomic E-state index is 0.0716. The van der Waals surface area contributed by atoms with Crippen LogP contribution >= 0.6 is 0 Å². The lowest BCUT2D eigenvalue weighted by Crippen LogP contribution is -2.38. The Labute approximate surface area is 183 Å². The second-order valence-electron chi connectivity index (χ2n) is 8.65. The minimum Gasteiger partial charge on any atom is -0.333 e. The Balaban J connectivity index is 1.27. The smallest absolute Gasteiger partial charge is 0.274 e. The van der Waals surface area contributed by atoms with Crippen LogP contribution in [0.3, 0.4) is 0 Å². The third kappa shape index (κ3) is 4.12. The van der Waals surface area contributed by atoms with E-state index in [1.165, 1.54) is 22.4 Å². The van der Waals surface area contributed by atoms with Gasteiger partial charge in [-0.15, -0.1) is 0 Å². The van der Waals surface area contributed by atoms with E-state index in [9.17, 15) is 4.79 Å². The van der Waals surface area contributed by atoms with Gasteiger partial charge in [0.05, 0.1) is 0 Å². The molecule has 1 atom stereocenters. The first-order chi connectivity index (χ1) is 15.2. The highest BCUT2D eigenvalue weighted by Crippen LogP contribution is 2.27. The molecule has 1 N–H and O–H groups in total. The van der Waals surface area contributed by atoms with Crippen LogP contribution < -0.4 is 5.32 Å². The molecule has 1 aliphatic carbocycles. The fourth-order valence-corrected chi connectivity index (χ4v) is 4.92. The third-order valence-corrected chi connectivity index (χ3v) is 6.64. The standard InChI is InChI=1S/C25H29N5O/c1-29-23-9-8-21(27-13-10-18-5-4-12-26-16-18)15-22(23)24(28-29)25(31)30-14-11-19-6-2-3-7-20(19)17-30/h2-7,12,16,21,27H,8-11,13-15,17H2,1H3. The monoisotopic (exact) mass is 415 g/mol. The maximum atomic E-state index is 13.4. The maximum absolute atomic E-state index is 13.4. The first-order valence-electron chi connectivity index (χ1n) is 11.2. The molecule has 1 aromatic carbocycles. The van der Waals surface area contributed by atoms with Crippen LogP contribution in [-0.4, -0.2) is 44.7 Å². The van der Waals surface area contributed by atoms with Crippen LogP contribution in [0.4, 0.5) is 0 Å². The SMILES string of the molecule is Cn1nc(C(=O)N2CCc3ccccc3C2)c2c1CCC(NCCc1cccnc1)C2. The zero-order valence-corrected chi connectivity index (χ0v) is 18.1. The second-order valence-corrected chi connectivity index (χ2v) is 8.65. The number of carbonyl (C=O) groups is 1. The van der Waals surface area contributed by atoms with Crippen LogP contribution in [0.5, 0.6) is 0 Å². The summed E-state index contributed by atoms with van der Waals surface area (Å²) in [5.74, 6) is 0.0716. The van der Waals surface area contributed by atoms with E-state index in [1.807, 2.05) is 35.1 Å². The summed E-state index contributed by atoms with van der Waals surface area (Å²) in [5, 5.41) is 8.36. The van der Waals surface area contributed by atoms with Gasteiger partial charge in [-0.25, -0.2) is 0 Å². The molecule has 2 aromatic heterocycles.